The summed E-state index contributed by atoms with van der Waals surface area (Å²) in [5, 5.41) is 4.84. The van der Waals surface area contributed by atoms with Crippen molar-refractivity contribution < 1.29 is 4.42 Å². The summed E-state index contributed by atoms with van der Waals surface area (Å²) in [6.45, 7) is 0. The van der Waals surface area contributed by atoms with Gasteiger partial charge in [0.25, 0.3) is 0 Å². The molecule has 212 valence electrons. The van der Waals surface area contributed by atoms with E-state index >= 15 is 0 Å². The molecule has 0 N–H and O–H groups in total. The van der Waals surface area contributed by atoms with Gasteiger partial charge in [-0.1, -0.05) is 115 Å². The van der Waals surface area contributed by atoms with Gasteiger partial charge in [0.2, 0.25) is 0 Å². The maximum atomic E-state index is 6.36. The number of para-hydroxylation sites is 2. The molecule has 0 unspecified atom stereocenters. The van der Waals surface area contributed by atoms with Crippen molar-refractivity contribution >= 4 is 70.5 Å². The molecule has 45 heavy (non-hydrogen) atoms. The van der Waals surface area contributed by atoms with Gasteiger partial charge in [-0.2, -0.15) is 0 Å². The van der Waals surface area contributed by atoms with E-state index in [4.69, 9.17) is 4.42 Å². The lowest BCUT2D eigenvalue weighted by molar-refractivity contribution is 0.669. The zero-order valence-corrected chi connectivity index (χ0v) is 25.2. The van der Waals surface area contributed by atoms with Gasteiger partial charge in [0.1, 0.15) is 11.2 Å². The molecule has 3 heteroatoms. The molecule has 9 aromatic rings. The van der Waals surface area contributed by atoms with Crippen molar-refractivity contribution in [2.45, 2.75) is 0 Å². The molecule has 2 aromatic heterocycles. The summed E-state index contributed by atoms with van der Waals surface area (Å²) >= 11 is 1.86. The minimum atomic E-state index is 0.879. The number of furan rings is 1. The molecule has 0 aliphatic heterocycles. The number of nitrogens with zero attached hydrogens (tertiary/aromatic N) is 1. The summed E-state index contributed by atoms with van der Waals surface area (Å²) < 4.78 is 8.97. The number of anilines is 3. The minimum absolute atomic E-state index is 0.879. The molecular formula is C42H27NOS. The van der Waals surface area contributed by atoms with Crippen LogP contribution in [0.3, 0.4) is 0 Å². The Bertz CT molecular complexity index is 2490. The summed E-state index contributed by atoms with van der Waals surface area (Å²) in [7, 11) is 0. The Morgan fingerprint density at radius 1 is 0.422 bits per heavy atom. The van der Waals surface area contributed by atoms with Crippen molar-refractivity contribution in [1.82, 2.24) is 0 Å². The predicted molar refractivity (Wildman–Crippen MR) is 192 cm³/mol. The van der Waals surface area contributed by atoms with Crippen molar-refractivity contribution in [3.63, 3.8) is 0 Å². The Labute approximate surface area is 265 Å². The summed E-state index contributed by atoms with van der Waals surface area (Å²) in [5.41, 5.74) is 9.82. The van der Waals surface area contributed by atoms with E-state index in [9.17, 15) is 0 Å². The average Bonchev–Trinajstić information content (AvgIpc) is 3.68. The van der Waals surface area contributed by atoms with E-state index in [0.717, 1.165) is 39.0 Å². The maximum Gasteiger partial charge on any atom is 0.137 e. The van der Waals surface area contributed by atoms with E-state index in [1.807, 2.05) is 23.5 Å². The summed E-state index contributed by atoms with van der Waals surface area (Å²) in [6, 6.07) is 58.5. The first-order valence-corrected chi connectivity index (χ1v) is 16.0. The van der Waals surface area contributed by atoms with E-state index in [0.29, 0.717) is 0 Å². The first kappa shape index (κ1) is 25.8. The molecule has 7 aromatic carbocycles. The highest BCUT2D eigenvalue weighted by molar-refractivity contribution is 7.25. The molecule has 0 atom stereocenters. The number of fused-ring (bicyclic) bond motifs is 6. The molecule has 0 aliphatic rings. The Morgan fingerprint density at radius 2 is 1.07 bits per heavy atom. The van der Waals surface area contributed by atoms with Crippen molar-refractivity contribution in [3.05, 3.63) is 164 Å². The van der Waals surface area contributed by atoms with Crippen LogP contribution in [-0.2, 0) is 0 Å². The predicted octanol–water partition coefficient (Wildman–Crippen LogP) is 12.8. The molecule has 0 bridgehead atoms. The highest BCUT2D eigenvalue weighted by Gasteiger charge is 2.22. The van der Waals surface area contributed by atoms with Crippen LogP contribution in [0.15, 0.2) is 168 Å². The molecular weight excluding hydrogens is 567 g/mol. The topological polar surface area (TPSA) is 16.4 Å². The first-order chi connectivity index (χ1) is 22.3. The van der Waals surface area contributed by atoms with Crippen LogP contribution in [0.2, 0.25) is 0 Å². The summed E-state index contributed by atoms with van der Waals surface area (Å²) in [6.07, 6.45) is 0. The van der Waals surface area contributed by atoms with Crippen molar-refractivity contribution in [1.29, 1.82) is 0 Å². The number of rotatable bonds is 5. The molecule has 0 aliphatic carbocycles. The lowest BCUT2D eigenvalue weighted by Crippen LogP contribution is -2.11. The van der Waals surface area contributed by atoms with Crippen LogP contribution in [0.4, 0.5) is 17.1 Å². The van der Waals surface area contributed by atoms with Gasteiger partial charge in [-0.05, 0) is 65.2 Å². The first-order valence-electron chi connectivity index (χ1n) is 15.2. The van der Waals surface area contributed by atoms with Gasteiger partial charge < -0.3 is 9.32 Å². The second-order valence-corrected chi connectivity index (χ2v) is 12.4. The van der Waals surface area contributed by atoms with Crippen LogP contribution < -0.4 is 4.90 Å². The lowest BCUT2D eigenvalue weighted by atomic mass is 9.99. The Hall–Kier alpha value is -5.64. The standard InChI is InChI=1S/C42H27NOS/c1-2-11-28(12-3-1)29-21-24-31(25-22-29)43(37-17-10-19-39-42(37)35-15-5-8-18-38(35)44-39)36-16-7-4-13-32(36)30-23-26-34-33-14-6-9-20-40(33)45-41(34)27-30/h1-27H. The molecule has 0 fully saturated rings. The fourth-order valence-corrected chi connectivity index (χ4v) is 7.74. The summed E-state index contributed by atoms with van der Waals surface area (Å²) in [4.78, 5) is 2.39. The Kier molecular flexibility index (Phi) is 6.03. The second-order valence-electron chi connectivity index (χ2n) is 11.3. The fraction of sp³-hybridized carbons (Fsp3) is 0. The molecule has 0 amide bonds. The summed E-state index contributed by atoms with van der Waals surface area (Å²) in [5.74, 6) is 0. The van der Waals surface area contributed by atoms with Crippen LogP contribution in [0, 0.1) is 0 Å². The monoisotopic (exact) mass is 593 g/mol. The van der Waals surface area contributed by atoms with Gasteiger partial charge in [0, 0.05) is 36.8 Å². The van der Waals surface area contributed by atoms with Gasteiger partial charge in [-0.25, -0.2) is 0 Å². The van der Waals surface area contributed by atoms with Crippen molar-refractivity contribution in [3.8, 4) is 22.3 Å². The second kappa shape index (κ2) is 10.5. The van der Waals surface area contributed by atoms with Crippen LogP contribution in [0.25, 0.3) is 64.4 Å². The molecule has 2 nitrogen and oxygen atoms in total. The smallest absolute Gasteiger partial charge is 0.137 e. The molecule has 2 heterocycles. The normalized spacial score (nSPS) is 11.6. The Morgan fingerprint density at radius 3 is 1.96 bits per heavy atom. The number of thiophene rings is 1. The molecule has 0 spiro atoms. The van der Waals surface area contributed by atoms with Crippen LogP contribution in [0.5, 0.6) is 0 Å². The third-order valence-corrected chi connectivity index (χ3v) is 9.82. The van der Waals surface area contributed by atoms with Gasteiger partial charge in [-0.15, -0.1) is 11.3 Å². The van der Waals surface area contributed by atoms with Gasteiger partial charge >= 0.3 is 0 Å². The average molecular weight is 594 g/mol. The molecule has 0 saturated heterocycles. The maximum absolute atomic E-state index is 6.36. The van der Waals surface area contributed by atoms with Crippen molar-refractivity contribution in [2.75, 3.05) is 4.90 Å². The zero-order valence-electron chi connectivity index (χ0n) is 24.4. The van der Waals surface area contributed by atoms with E-state index < -0.39 is 0 Å². The van der Waals surface area contributed by atoms with Crippen LogP contribution in [0.1, 0.15) is 0 Å². The molecule has 0 radical (unpaired) electrons. The van der Waals surface area contributed by atoms with Crippen LogP contribution in [-0.4, -0.2) is 0 Å². The third-order valence-electron chi connectivity index (χ3n) is 8.69. The Balaban J connectivity index is 1.28. The quantitative estimate of drug-likeness (QED) is 0.197. The largest absolute Gasteiger partial charge is 0.456 e. The van der Waals surface area contributed by atoms with Gasteiger partial charge in [0.15, 0.2) is 0 Å². The fourth-order valence-electron chi connectivity index (χ4n) is 6.59. The highest BCUT2D eigenvalue weighted by atomic mass is 32.1. The molecule has 0 saturated carbocycles. The van der Waals surface area contributed by atoms with E-state index in [2.05, 4.69) is 157 Å². The number of hydrogen-bond donors (Lipinski definition) is 0. The lowest BCUT2D eigenvalue weighted by Gasteiger charge is -2.28. The minimum Gasteiger partial charge on any atom is -0.456 e. The zero-order chi connectivity index (χ0) is 29.7. The van der Waals surface area contributed by atoms with E-state index in [-0.39, 0.29) is 0 Å². The van der Waals surface area contributed by atoms with Gasteiger partial charge in [0.05, 0.1) is 16.8 Å². The molecule has 9 rings (SSSR count). The SMILES string of the molecule is c1ccc(-c2ccc(N(c3ccccc3-c3ccc4c(c3)sc3ccccc34)c3cccc4oc5ccccc5c34)cc2)cc1. The number of benzene rings is 7. The van der Waals surface area contributed by atoms with E-state index in [1.54, 1.807) is 0 Å². The van der Waals surface area contributed by atoms with E-state index in [1.165, 1.54) is 42.4 Å². The van der Waals surface area contributed by atoms with Crippen LogP contribution >= 0.6 is 11.3 Å². The van der Waals surface area contributed by atoms with Crippen molar-refractivity contribution in [2.24, 2.45) is 0 Å². The highest BCUT2D eigenvalue weighted by Crippen LogP contribution is 2.47. The number of hydrogen-bond acceptors (Lipinski definition) is 3. The third kappa shape index (κ3) is 4.32. The van der Waals surface area contributed by atoms with Gasteiger partial charge in [-0.3, -0.25) is 0 Å².